The number of para-hydroxylation sites is 2. The van der Waals surface area contributed by atoms with Crippen molar-refractivity contribution < 1.29 is 9.53 Å². The van der Waals surface area contributed by atoms with Crippen LogP contribution in [0.4, 0.5) is 5.69 Å². The summed E-state index contributed by atoms with van der Waals surface area (Å²) in [5, 5.41) is 0.909. The van der Waals surface area contributed by atoms with Crippen LogP contribution in [0.1, 0.15) is 22.8 Å². The lowest BCUT2D eigenvalue weighted by Crippen LogP contribution is -2.49. The molecule has 0 radical (unpaired) electrons. The predicted octanol–water partition coefficient (Wildman–Crippen LogP) is 4.91. The van der Waals surface area contributed by atoms with Gasteiger partial charge in [-0.05, 0) is 56.3 Å². The number of amides is 1. The van der Waals surface area contributed by atoms with E-state index >= 15 is 0 Å². The fourth-order valence-electron chi connectivity index (χ4n) is 4.69. The lowest BCUT2D eigenvalue weighted by atomic mass is 10.0. The number of anilines is 1. The van der Waals surface area contributed by atoms with Gasteiger partial charge in [-0.1, -0.05) is 23.8 Å². The molecule has 2 aromatic heterocycles. The number of piperazine rings is 1. The first-order chi connectivity index (χ1) is 16.5. The monoisotopic (exact) mass is 454 g/mol. The maximum absolute atomic E-state index is 13.8. The number of rotatable bonds is 5. The molecule has 6 heteroatoms. The van der Waals surface area contributed by atoms with Gasteiger partial charge in [0.1, 0.15) is 5.75 Å². The zero-order valence-corrected chi connectivity index (χ0v) is 20.0. The van der Waals surface area contributed by atoms with Crippen molar-refractivity contribution in [2.75, 3.05) is 37.7 Å². The highest BCUT2D eigenvalue weighted by Crippen LogP contribution is 2.30. The molecule has 3 heterocycles. The van der Waals surface area contributed by atoms with Crippen LogP contribution in [-0.4, -0.2) is 53.1 Å². The molecule has 1 saturated heterocycles. The topological polar surface area (TPSA) is 50.6 Å². The Morgan fingerprint density at radius 1 is 1.00 bits per heavy atom. The molecule has 0 bridgehead atoms. The smallest absolute Gasteiger partial charge is 0.254 e. The van der Waals surface area contributed by atoms with Gasteiger partial charge in [0.15, 0.2) is 0 Å². The van der Waals surface area contributed by atoms with Crippen molar-refractivity contribution >= 4 is 22.5 Å². The molecule has 1 aliphatic rings. The van der Waals surface area contributed by atoms with Gasteiger partial charge in [-0.15, -0.1) is 0 Å². The van der Waals surface area contributed by atoms with E-state index in [1.54, 1.807) is 0 Å². The molecular weight excluding hydrogens is 424 g/mol. The number of aryl methyl sites for hydroxylation is 2. The average Bonchev–Trinajstić information content (AvgIpc) is 3.29. The molecule has 2 aromatic carbocycles. The summed E-state index contributed by atoms with van der Waals surface area (Å²) in [5.74, 6) is 0.957. The van der Waals surface area contributed by atoms with Crippen LogP contribution in [-0.2, 0) is 7.05 Å². The number of nitrogens with zero attached hydrogens (tertiary/aromatic N) is 4. The van der Waals surface area contributed by atoms with E-state index in [2.05, 4.69) is 17.0 Å². The van der Waals surface area contributed by atoms with E-state index in [0.29, 0.717) is 25.3 Å². The Morgan fingerprint density at radius 2 is 1.79 bits per heavy atom. The lowest BCUT2D eigenvalue weighted by molar-refractivity contribution is 0.0748. The minimum atomic E-state index is 0.0613. The van der Waals surface area contributed by atoms with Crippen LogP contribution in [0.3, 0.4) is 0 Å². The molecule has 0 N–H and O–H groups in total. The Morgan fingerprint density at radius 3 is 2.53 bits per heavy atom. The molecular formula is C28H30N4O2. The van der Waals surface area contributed by atoms with Crippen LogP contribution in [0.5, 0.6) is 5.75 Å². The Bertz CT molecular complexity index is 1340. The van der Waals surface area contributed by atoms with E-state index < -0.39 is 0 Å². The van der Waals surface area contributed by atoms with E-state index in [1.807, 2.05) is 85.1 Å². The fraction of sp³-hybridized carbons (Fsp3) is 0.286. The molecule has 0 atom stereocenters. The minimum absolute atomic E-state index is 0.0613. The van der Waals surface area contributed by atoms with Crippen molar-refractivity contribution in [3.63, 3.8) is 0 Å². The largest absolute Gasteiger partial charge is 0.492 e. The van der Waals surface area contributed by atoms with E-state index in [0.717, 1.165) is 52.4 Å². The second-order valence-electron chi connectivity index (χ2n) is 8.76. The van der Waals surface area contributed by atoms with Crippen LogP contribution in [0, 0.1) is 6.92 Å². The van der Waals surface area contributed by atoms with Crippen molar-refractivity contribution in [2.45, 2.75) is 13.8 Å². The van der Waals surface area contributed by atoms with Crippen LogP contribution < -0.4 is 9.64 Å². The quantitative estimate of drug-likeness (QED) is 0.430. The highest BCUT2D eigenvalue weighted by Gasteiger charge is 2.26. The highest BCUT2D eigenvalue weighted by molar-refractivity contribution is 6.07. The van der Waals surface area contributed by atoms with Crippen molar-refractivity contribution in [3.05, 3.63) is 78.0 Å². The first-order valence-electron chi connectivity index (χ1n) is 11.8. The molecule has 174 valence electrons. The first-order valence-corrected chi connectivity index (χ1v) is 11.8. The number of carbonyl (C=O) groups excluding carboxylic acids is 1. The van der Waals surface area contributed by atoms with E-state index in [4.69, 9.17) is 9.72 Å². The summed E-state index contributed by atoms with van der Waals surface area (Å²) < 4.78 is 7.85. The molecule has 0 saturated carbocycles. The van der Waals surface area contributed by atoms with Gasteiger partial charge in [-0.2, -0.15) is 0 Å². The third-order valence-corrected chi connectivity index (χ3v) is 6.47. The van der Waals surface area contributed by atoms with E-state index in [1.165, 1.54) is 0 Å². The number of carbonyl (C=O) groups is 1. The number of pyridine rings is 1. The molecule has 4 aromatic rings. The summed E-state index contributed by atoms with van der Waals surface area (Å²) in [5.41, 5.74) is 5.58. The highest BCUT2D eigenvalue weighted by atomic mass is 16.5. The van der Waals surface area contributed by atoms with Gasteiger partial charge in [-0.25, -0.2) is 4.98 Å². The van der Waals surface area contributed by atoms with Gasteiger partial charge >= 0.3 is 0 Å². The third-order valence-electron chi connectivity index (χ3n) is 6.47. The van der Waals surface area contributed by atoms with Crippen molar-refractivity contribution in [1.29, 1.82) is 0 Å². The van der Waals surface area contributed by atoms with Crippen molar-refractivity contribution in [3.8, 4) is 17.1 Å². The minimum Gasteiger partial charge on any atom is -0.492 e. The van der Waals surface area contributed by atoms with E-state index in [9.17, 15) is 4.79 Å². The Balaban J connectivity index is 1.44. The van der Waals surface area contributed by atoms with E-state index in [-0.39, 0.29) is 5.91 Å². The Labute approximate surface area is 200 Å². The van der Waals surface area contributed by atoms with Crippen molar-refractivity contribution in [1.82, 2.24) is 14.5 Å². The van der Waals surface area contributed by atoms with Gasteiger partial charge < -0.3 is 19.1 Å². The maximum Gasteiger partial charge on any atom is 0.254 e. The van der Waals surface area contributed by atoms with Crippen LogP contribution in [0.15, 0.2) is 66.9 Å². The van der Waals surface area contributed by atoms with Crippen LogP contribution in [0.2, 0.25) is 0 Å². The Kier molecular flexibility index (Phi) is 5.97. The molecule has 1 fully saturated rings. The maximum atomic E-state index is 13.8. The van der Waals surface area contributed by atoms with Gasteiger partial charge in [0.25, 0.3) is 5.91 Å². The zero-order valence-electron chi connectivity index (χ0n) is 20.0. The first kappa shape index (κ1) is 22.0. The summed E-state index contributed by atoms with van der Waals surface area (Å²) in [7, 11) is 2.00. The van der Waals surface area contributed by atoms with Gasteiger partial charge in [0.05, 0.1) is 34.8 Å². The fourth-order valence-corrected chi connectivity index (χ4v) is 4.69. The number of benzene rings is 2. The summed E-state index contributed by atoms with van der Waals surface area (Å²) >= 11 is 0. The zero-order chi connectivity index (χ0) is 23.7. The van der Waals surface area contributed by atoms with Crippen LogP contribution >= 0.6 is 0 Å². The summed E-state index contributed by atoms with van der Waals surface area (Å²) in [6.45, 7) is 7.53. The van der Waals surface area contributed by atoms with Gasteiger partial charge in [-0.3, -0.25) is 4.79 Å². The normalized spacial score (nSPS) is 14.0. The average molecular weight is 455 g/mol. The number of hydrogen-bond donors (Lipinski definition) is 0. The molecule has 1 aliphatic heterocycles. The standard InChI is InChI=1S/C28H30N4O2/c1-4-34-27-10-6-5-8-26(27)31-14-16-32(17-15-31)28(33)22-19-24(25-9-7-13-30(25)3)29-23-12-11-20(2)18-21(22)23/h5-13,18-19H,4,14-17H2,1-3H3. The SMILES string of the molecule is CCOc1ccccc1N1CCN(C(=O)c2cc(-c3cccn3C)nc3ccc(C)cc23)CC1. The molecule has 0 unspecified atom stereocenters. The molecule has 6 nitrogen and oxygen atoms in total. The number of ether oxygens (including phenoxy) is 1. The molecule has 0 aliphatic carbocycles. The number of fused-ring (bicyclic) bond motifs is 1. The Hall–Kier alpha value is -3.80. The predicted molar refractivity (Wildman–Crippen MR) is 137 cm³/mol. The number of aromatic nitrogens is 2. The molecule has 5 rings (SSSR count). The second kappa shape index (κ2) is 9.21. The molecule has 1 amide bonds. The molecule has 0 spiro atoms. The summed E-state index contributed by atoms with van der Waals surface area (Å²) in [6, 6.07) is 20.2. The van der Waals surface area contributed by atoms with Crippen molar-refractivity contribution in [2.24, 2.45) is 7.05 Å². The molecule has 34 heavy (non-hydrogen) atoms. The lowest BCUT2D eigenvalue weighted by Gasteiger charge is -2.37. The number of hydrogen-bond acceptors (Lipinski definition) is 4. The van der Waals surface area contributed by atoms with Gasteiger partial charge in [0.2, 0.25) is 0 Å². The van der Waals surface area contributed by atoms with Gasteiger partial charge in [0, 0.05) is 44.8 Å². The summed E-state index contributed by atoms with van der Waals surface area (Å²) in [6.07, 6.45) is 2.00. The summed E-state index contributed by atoms with van der Waals surface area (Å²) in [4.78, 5) is 22.9. The second-order valence-corrected chi connectivity index (χ2v) is 8.76. The third kappa shape index (κ3) is 4.12. The van der Waals surface area contributed by atoms with Crippen LogP contribution in [0.25, 0.3) is 22.3 Å².